The Hall–Kier alpha value is -1.10. The Balaban J connectivity index is 4.27. The fourth-order valence-electron chi connectivity index (χ4n) is 1.28. The van der Waals surface area contributed by atoms with Gasteiger partial charge in [-0.05, 0) is 19.9 Å². The van der Waals surface area contributed by atoms with Gasteiger partial charge in [-0.3, -0.25) is 9.59 Å². The first-order chi connectivity index (χ1) is 7.06. The van der Waals surface area contributed by atoms with Gasteiger partial charge in [-0.25, -0.2) is 0 Å². The van der Waals surface area contributed by atoms with Crippen molar-refractivity contribution in [2.75, 3.05) is 26.7 Å². The lowest BCUT2D eigenvalue weighted by Crippen LogP contribution is -2.42. The van der Waals surface area contributed by atoms with Gasteiger partial charge in [0.05, 0.1) is 6.54 Å². The molecule has 0 saturated heterocycles. The molecule has 5 heteroatoms. The molecule has 1 unspecified atom stereocenters. The minimum Gasteiger partial charge on any atom is -0.358 e. The van der Waals surface area contributed by atoms with E-state index in [9.17, 15) is 9.59 Å². The minimum atomic E-state index is -0.148. The molecule has 0 spiro atoms. The highest BCUT2D eigenvalue weighted by Gasteiger charge is 2.20. The minimum absolute atomic E-state index is 0.00782. The summed E-state index contributed by atoms with van der Waals surface area (Å²) in [5, 5.41) is 2.50. The molecule has 0 radical (unpaired) electrons. The maximum Gasteiger partial charge on any atom is 0.239 e. The van der Waals surface area contributed by atoms with E-state index in [1.165, 1.54) is 0 Å². The van der Waals surface area contributed by atoms with Crippen LogP contribution in [0.4, 0.5) is 0 Å². The SMILES string of the molecule is CCN(CC(=O)NC)C(=O)C(C)CCN. The lowest BCUT2D eigenvalue weighted by Gasteiger charge is -2.23. The normalized spacial score (nSPS) is 12.0. The first-order valence-corrected chi connectivity index (χ1v) is 5.26. The van der Waals surface area contributed by atoms with Crippen LogP contribution in [0, 0.1) is 5.92 Å². The Kier molecular flexibility index (Phi) is 6.70. The van der Waals surface area contributed by atoms with Crippen LogP contribution in [0.25, 0.3) is 0 Å². The zero-order valence-corrected chi connectivity index (χ0v) is 9.75. The van der Waals surface area contributed by atoms with Gasteiger partial charge in [0.1, 0.15) is 0 Å². The molecule has 0 aromatic carbocycles. The maximum atomic E-state index is 11.8. The summed E-state index contributed by atoms with van der Waals surface area (Å²) in [4.78, 5) is 24.5. The molecule has 0 aliphatic heterocycles. The molecular weight excluding hydrogens is 194 g/mol. The first-order valence-electron chi connectivity index (χ1n) is 5.26. The van der Waals surface area contributed by atoms with Crippen LogP contribution in [-0.2, 0) is 9.59 Å². The smallest absolute Gasteiger partial charge is 0.239 e. The lowest BCUT2D eigenvalue weighted by molar-refractivity contribution is -0.138. The van der Waals surface area contributed by atoms with Gasteiger partial charge in [0.25, 0.3) is 0 Å². The Morgan fingerprint density at radius 2 is 2.07 bits per heavy atom. The van der Waals surface area contributed by atoms with Crippen molar-refractivity contribution in [3.8, 4) is 0 Å². The average molecular weight is 215 g/mol. The molecule has 1 atom stereocenters. The summed E-state index contributed by atoms with van der Waals surface area (Å²) in [5.74, 6) is -0.267. The topological polar surface area (TPSA) is 75.4 Å². The molecule has 5 nitrogen and oxygen atoms in total. The average Bonchev–Trinajstić information content (AvgIpc) is 2.24. The van der Waals surface area contributed by atoms with Gasteiger partial charge in [0.2, 0.25) is 11.8 Å². The highest BCUT2D eigenvalue weighted by Crippen LogP contribution is 2.05. The Morgan fingerprint density at radius 3 is 2.47 bits per heavy atom. The summed E-state index contributed by atoms with van der Waals surface area (Å²) in [7, 11) is 1.56. The fraction of sp³-hybridized carbons (Fsp3) is 0.800. The second kappa shape index (κ2) is 7.23. The molecule has 0 heterocycles. The first kappa shape index (κ1) is 13.9. The molecule has 0 aliphatic rings. The van der Waals surface area contributed by atoms with E-state index < -0.39 is 0 Å². The Morgan fingerprint density at radius 1 is 1.47 bits per heavy atom. The van der Waals surface area contributed by atoms with E-state index in [4.69, 9.17) is 5.73 Å². The predicted octanol–water partition coefficient (Wildman–Crippen LogP) is -0.434. The molecule has 0 aromatic heterocycles. The van der Waals surface area contributed by atoms with Gasteiger partial charge in [0.15, 0.2) is 0 Å². The van der Waals surface area contributed by atoms with Gasteiger partial charge in [-0.15, -0.1) is 0 Å². The molecule has 0 rings (SSSR count). The standard InChI is InChI=1S/C10H21N3O2/c1-4-13(7-9(14)12-3)10(15)8(2)5-6-11/h8H,4-7,11H2,1-3H3,(H,12,14). The molecular formula is C10H21N3O2. The monoisotopic (exact) mass is 215 g/mol. The number of likely N-dealkylation sites (N-methyl/N-ethyl adjacent to an activating group) is 2. The van der Waals surface area contributed by atoms with Crippen molar-refractivity contribution in [1.82, 2.24) is 10.2 Å². The lowest BCUT2D eigenvalue weighted by atomic mass is 10.1. The van der Waals surface area contributed by atoms with E-state index in [0.717, 1.165) is 0 Å². The third-order valence-corrected chi connectivity index (χ3v) is 2.33. The summed E-state index contributed by atoms with van der Waals surface area (Å²) in [5.41, 5.74) is 5.39. The van der Waals surface area contributed by atoms with Crippen LogP contribution in [0.5, 0.6) is 0 Å². The van der Waals surface area contributed by atoms with Crippen LogP contribution in [0.2, 0.25) is 0 Å². The number of nitrogens with zero attached hydrogens (tertiary/aromatic N) is 1. The number of hydrogen-bond acceptors (Lipinski definition) is 3. The second-order valence-electron chi connectivity index (χ2n) is 3.50. The van der Waals surface area contributed by atoms with Crippen molar-refractivity contribution in [2.24, 2.45) is 11.7 Å². The summed E-state index contributed by atoms with van der Waals surface area (Å²) in [6.45, 7) is 4.85. The number of nitrogens with two attached hydrogens (primary N) is 1. The summed E-state index contributed by atoms with van der Waals surface area (Å²) in [6.07, 6.45) is 0.656. The quantitative estimate of drug-likeness (QED) is 0.631. The van der Waals surface area contributed by atoms with Gasteiger partial charge < -0.3 is 16.0 Å². The van der Waals surface area contributed by atoms with Gasteiger partial charge in [-0.1, -0.05) is 6.92 Å². The van der Waals surface area contributed by atoms with E-state index in [0.29, 0.717) is 19.5 Å². The van der Waals surface area contributed by atoms with E-state index in [1.807, 2.05) is 13.8 Å². The molecule has 2 amide bonds. The van der Waals surface area contributed by atoms with Gasteiger partial charge in [-0.2, -0.15) is 0 Å². The Labute approximate surface area is 91.0 Å². The summed E-state index contributed by atoms with van der Waals surface area (Å²) >= 11 is 0. The number of rotatable bonds is 6. The Bertz CT molecular complexity index is 219. The maximum absolute atomic E-state index is 11.8. The third-order valence-electron chi connectivity index (χ3n) is 2.33. The summed E-state index contributed by atoms with van der Waals surface area (Å²) in [6, 6.07) is 0. The molecule has 0 fully saturated rings. The highest BCUT2D eigenvalue weighted by atomic mass is 16.2. The molecule has 15 heavy (non-hydrogen) atoms. The number of amides is 2. The van der Waals surface area contributed by atoms with Gasteiger partial charge >= 0.3 is 0 Å². The van der Waals surface area contributed by atoms with E-state index in [-0.39, 0.29) is 24.3 Å². The van der Waals surface area contributed by atoms with Crippen LogP contribution in [0.3, 0.4) is 0 Å². The van der Waals surface area contributed by atoms with Crippen molar-refractivity contribution < 1.29 is 9.59 Å². The van der Waals surface area contributed by atoms with Crippen LogP contribution in [-0.4, -0.2) is 43.4 Å². The van der Waals surface area contributed by atoms with E-state index in [2.05, 4.69) is 5.32 Å². The molecule has 0 saturated carbocycles. The molecule has 0 bridgehead atoms. The fourth-order valence-corrected chi connectivity index (χ4v) is 1.28. The molecule has 0 aliphatic carbocycles. The number of carbonyl (C=O) groups excluding carboxylic acids is 2. The number of nitrogens with one attached hydrogen (secondary N) is 1. The van der Waals surface area contributed by atoms with Gasteiger partial charge in [0, 0.05) is 19.5 Å². The van der Waals surface area contributed by atoms with Crippen molar-refractivity contribution in [1.29, 1.82) is 0 Å². The largest absolute Gasteiger partial charge is 0.358 e. The van der Waals surface area contributed by atoms with Crippen LogP contribution in [0.1, 0.15) is 20.3 Å². The summed E-state index contributed by atoms with van der Waals surface area (Å²) < 4.78 is 0. The second-order valence-corrected chi connectivity index (χ2v) is 3.50. The third kappa shape index (κ3) is 4.78. The molecule has 3 N–H and O–H groups in total. The predicted molar refractivity (Wildman–Crippen MR) is 59.2 cm³/mol. The zero-order valence-electron chi connectivity index (χ0n) is 9.75. The highest BCUT2D eigenvalue weighted by molar-refractivity contribution is 5.85. The van der Waals surface area contributed by atoms with Crippen LogP contribution >= 0.6 is 0 Å². The van der Waals surface area contributed by atoms with E-state index >= 15 is 0 Å². The van der Waals surface area contributed by atoms with Crippen molar-refractivity contribution in [3.63, 3.8) is 0 Å². The van der Waals surface area contributed by atoms with Crippen LogP contribution < -0.4 is 11.1 Å². The molecule has 88 valence electrons. The number of hydrogen-bond donors (Lipinski definition) is 2. The number of carbonyl (C=O) groups is 2. The molecule has 0 aromatic rings. The van der Waals surface area contributed by atoms with Crippen LogP contribution in [0.15, 0.2) is 0 Å². The zero-order chi connectivity index (χ0) is 11.8. The van der Waals surface area contributed by atoms with Crippen molar-refractivity contribution >= 4 is 11.8 Å². The van der Waals surface area contributed by atoms with Crippen molar-refractivity contribution in [2.45, 2.75) is 20.3 Å². The van der Waals surface area contributed by atoms with E-state index in [1.54, 1.807) is 11.9 Å². The van der Waals surface area contributed by atoms with Crippen molar-refractivity contribution in [3.05, 3.63) is 0 Å².